The van der Waals surface area contributed by atoms with Crippen LogP contribution in [-0.4, -0.2) is 56.9 Å². The summed E-state index contributed by atoms with van der Waals surface area (Å²) in [6.45, 7) is 1.91. The molecule has 22 heavy (non-hydrogen) atoms. The van der Waals surface area contributed by atoms with Crippen LogP contribution in [0.25, 0.3) is 0 Å². The van der Waals surface area contributed by atoms with Crippen LogP contribution in [0.5, 0.6) is 0 Å². The van der Waals surface area contributed by atoms with Crippen LogP contribution in [0.3, 0.4) is 0 Å². The highest BCUT2D eigenvalue weighted by Crippen LogP contribution is 2.11. The number of aromatic nitrogens is 1. The first-order valence-corrected chi connectivity index (χ1v) is 8.85. The molecule has 0 aromatic carbocycles. The Morgan fingerprint density at radius 3 is 2.82 bits per heavy atom. The summed E-state index contributed by atoms with van der Waals surface area (Å²) in [4.78, 5) is 17.7. The topological polar surface area (TPSA) is 91.4 Å². The molecule has 0 atom stereocenters. The summed E-state index contributed by atoms with van der Waals surface area (Å²) in [7, 11) is -1.81. The van der Waals surface area contributed by atoms with Crippen LogP contribution in [0.2, 0.25) is 0 Å². The third-order valence-corrected chi connectivity index (χ3v) is 5.27. The molecule has 0 spiro atoms. The molecule has 1 aliphatic heterocycles. The number of hydrogen-bond acceptors (Lipinski definition) is 5. The number of sulfonamides is 1. The number of piperidine rings is 1. The maximum atomic E-state index is 12.1. The number of hydrogen-bond donors (Lipinski definition) is 2. The van der Waals surface area contributed by atoms with Crippen molar-refractivity contribution in [1.82, 2.24) is 19.9 Å². The number of amides is 1. The van der Waals surface area contributed by atoms with Crippen molar-refractivity contribution >= 4 is 15.9 Å². The zero-order valence-corrected chi connectivity index (χ0v) is 13.5. The van der Waals surface area contributed by atoms with Gasteiger partial charge < -0.3 is 10.2 Å². The van der Waals surface area contributed by atoms with Gasteiger partial charge in [0, 0.05) is 38.4 Å². The van der Waals surface area contributed by atoms with E-state index in [4.69, 9.17) is 0 Å². The molecular formula is C14H22N4O3S. The fourth-order valence-corrected chi connectivity index (χ4v) is 3.45. The first kappa shape index (κ1) is 16.9. The summed E-state index contributed by atoms with van der Waals surface area (Å²) in [6.07, 6.45) is 4.81. The number of nitrogens with one attached hydrogen (secondary N) is 2. The molecule has 1 fully saturated rings. The molecule has 1 saturated heterocycles. The summed E-state index contributed by atoms with van der Waals surface area (Å²) < 4.78 is 26.4. The van der Waals surface area contributed by atoms with E-state index in [-0.39, 0.29) is 29.8 Å². The molecule has 0 bridgehead atoms. The Morgan fingerprint density at radius 1 is 1.45 bits per heavy atom. The SMILES string of the molecule is CN(C(=O)CCNS(=O)(=O)c1cccnc1)C1CCNCC1. The Balaban J connectivity index is 1.81. The third-order valence-electron chi connectivity index (χ3n) is 3.83. The van der Waals surface area contributed by atoms with Gasteiger partial charge in [-0.25, -0.2) is 13.1 Å². The monoisotopic (exact) mass is 326 g/mol. The predicted octanol–water partition coefficient (Wildman–Crippen LogP) is -0.0396. The van der Waals surface area contributed by atoms with Gasteiger partial charge in [0.1, 0.15) is 4.90 Å². The maximum absolute atomic E-state index is 12.1. The highest BCUT2D eigenvalue weighted by molar-refractivity contribution is 7.89. The van der Waals surface area contributed by atoms with Crippen molar-refractivity contribution in [2.75, 3.05) is 26.7 Å². The van der Waals surface area contributed by atoms with E-state index < -0.39 is 10.0 Å². The van der Waals surface area contributed by atoms with Crippen LogP contribution < -0.4 is 10.0 Å². The molecule has 1 aliphatic rings. The number of rotatable bonds is 6. The summed E-state index contributed by atoms with van der Waals surface area (Å²) in [5.74, 6) is -0.0409. The Kier molecular flexibility index (Phi) is 5.87. The van der Waals surface area contributed by atoms with Crippen LogP contribution in [0.15, 0.2) is 29.4 Å². The molecule has 1 aromatic heterocycles. The van der Waals surface area contributed by atoms with Crippen LogP contribution in [0, 0.1) is 0 Å². The first-order valence-electron chi connectivity index (χ1n) is 7.37. The van der Waals surface area contributed by atoms with Crippen molar-refractivity contribution in [2.45, 2.75) is 30.2 Å². The van der Waals surface area contributed by atoms with Crippen LogP contribution in [-0.2, 0) is 14.8 Å². The van der Waals surface area contributed by atoms with E-state index >= 15 is 0 Å². The smallest absolute Gasteiger partial charge is 0.242 e. The molecule has 7 nitrogen and oxygen atoms in total. The number of carbonyl (C=O) groups is 1. The zero-order chi connectivity index (χ0) is 16.0. The standard InChI is InChI=1S/C14H22N4O3S/c1-18(12-4-8-15-9-5-12)14(19)6-10-17-22(20,21)13-3-2-7-16-11-13/h2-3,7,11-12,15,17H,4-6,8-10H2,1H3. The summed E-state index contributed by atoms with van der Waals surface area (Å²) in [5, 5.41) is 3.25. The van der Waals surface area contributed by atoms with Crippen molar-refractivity contribution in [3.8, 4) is 0 Å². The Morgan fingerprint density at radius 2 is 2.18 bits per heavy atom. The molecule has 2 heterocycles. The van der Waals surface area contributed by atoms with Gasteiger partial charge >= 0.3 is 0 Å². The fourth-order valence-electron chi connectivity index (χ4n) is 2.46. The van der Waals surface area contributed by atoms with Gasteiger partial charge in [0.05, 0.1) is 0 Å². The maximum Gasteiger partial charge on any atom is 0.242 e. The summed E-state index contributed by atoms with van der Waals surface area (Å²) in [5.41, 5.74) is 0. The minimum absolute atomic E-state index is 0.0409. The van der Waals surface area contributed by atoms with Gasteiger partial charge in [0.15, 0.2) is 0 Å². The molecule has 8 heteroatoms. The van der Waals surface area contributed by atoms with Crippen molar-refractivity contribution in [1.29, 1.82) is 0 Å². The highest BCUT2D eigenvalue weighted by Gasteiger charge is 2.22. The summed E-state index contributed by atoms with van der Waals surface area (Å²) >= 11 is 0. The van der Waals surface area contributed by atoms with Gasteiger partial charge in [0.25, 0.3) is 0 Å². The molecule has 0 radical (unpaired) electrons. The lowest BCUT2D eigenvalue weighted by molar-refractivity contribution is -0.132. The normalized spacial score (nSPS) is 16.4. The van der Waals surface area contributed by atoms with Crippen molar-refractivity contribution in [3.63, 3.8) is 0 Å². The van der Waals surface area contributed by atoms with E-state index in [1.54, 1.807) is 18.0 Å². The average Bonchev–Trinajstić information content (AvgIpc) is 2.55. The van der Waals surface area contributed by atoms with E-state index in [1.807, 2.05) is 0 Å². The van der Waals surface area contributed by atoms with Crippen LogP contribution >= 0.6 is 0 Å². The second-order valence-electron chi connectivity index (χ2n) is 5.32. The van der Waals surface area contributed by atoms with Gasteiger partial charge in [-0.2, -0.15) is 0 Å². The summed E-state index contributed by atoms with van der Waals surface area (Å²) in [6, 6.07) is 3.27. The quantitative estimate of drug-likeness (QED) is 0.765. The van der Waals surface area contributed by atoms with Gasteiger partial charge in [-0.1, -0.05) is 0 Å². The molecule has 0 aliphatic carbocycles. The number of carbonyl (C=O) groups excluding carboxylic acids is 1. The Hall–Kier alpha value is -1.51. The van der Waals surface area contributed by atoms with E-state index in [9.17, 15) is 13.2 Å². The van der Waals surface area contributed by atoms with Gasteiger partial charge in [0.2, 0.25) is 15.9 Å². The van der Waals surface area contributed by atoms with Crippen molar-refractivity contribution < 1.29 is 13.2 Å². The van der Waals surface area contributed by atoms with E-state index in [2.05, 4.69) is 15.0 Å². The second-order valence-corrected chi connectivity index (χ2v) is 7.09. The lowest BCUT2D eigenvalue weighted by atomic mass is 10.1. The molecule has 2 N–H and O–H groups in total. The largest absolute Gasteiger partial charge is 0.343 e. The second kappa shape index (κ2) is 7.66. The molecular weight excluding hydrogens is 304 g/mol. The first-order chi connectivity index (χ1) is 10.5. The third kappa shape index (κ3) is 4.49. The van der Waals surface area contributed by atoms with E-state index in [1.165, 1.54) is 18.5 Å². The highest BCUT2D eigenvalue weighted by atomic mass is 32.2. The Bertz CT molecular complexity index is 585. The minimum atomic E-state index is -3.60. The predicted molar refractivity (Wildman–Crippen MR) is 82.7 cm³/mol. The minimum Gasteiger partial charge on any atom is -0.343 e. The molecule has 2 rings (SSSR count). The molecule has 1 aromatic rings. The lowest BCUT2D eigenvalue weighted by Gasteiger charge is -2.31. The average molecular weight is 326 g/mol. The van der Waals surface area contributed by atoms with Crippen molar-refractivity contribution in [3.05, 3.63) is 24.5 Å². The molecule has 0 unspecified atom stereocenters. The van der Waals surface area contributed by atoms with Crippen LogP contribution in [0.4, 0.5) is 0 Å². The van der Waals surface area contributed by atoms with E-state index in [0.717, 1.165) is 25.9 Å². The molecule has 122 valence electrons. The van der Waals surface area contributed by atoms with Gasteiger partial charge in [-0.05, 0) is 38.1 Å². The van der Waals surface area contributed by atoms with E-state index in [0.29, 0.717) is 0 Å². The Labute approximate surface area is 131 Å². The van der Waals surface area contributed by atoms with Crippen LogP contribution in [0.1, 0.15) is 19.3 Å². The molecule has 1 amide bonds. The van der Waals surface area contributed by atoms with Crippen molar-refractivity contribution in [2.24, 2.45) is 0 Å². The van der Waals surface area contributed by atoms with Gasteiger partial charge in [-0.15, -0.1) is 0 Å². The molecule has 0 saturated carbocycles. The number of pyridine rings is 1. The lowest BCUT2D eigenvalue weighted by Crippen LogP contribution is -2.44. The fraction of sp³-hybridized carbons (Fsp3) is 0.571. The number of nitrogens with zero attached hydrogens (tertiary/aromatic N) is 2. The van der Waals surface area contributed by atoms with Gasteiger partial charge in [-0.3, -0.25) is 9.78 Å². The zero-order valence-electron chi connectivity index (χ0n) is 12.7.